The van der Waals surface area contributed by atoms with Crippen molar-refractivity contribution in [3.05, 3.63) is 224 Å². The fraction of sp³-hybridized carbons (Fsp3) is 0.122. The molecule has 59 heavy (non-hydrogen) atoms. The normalized spacial score (nSPS) is 13.2. The quantitative estimate of drug-likeness (QED) is 0.0544. The third-order valence-corrected chi connectivity index (χ3v) is 10.8. The van der Waals surface area contributed by atoms with E-state index in [0.29, 0.717) is 47.7 Å². The van der Waals surface area contributed by atoms with Crippen LogP contribution >= 0.6 is 17.2 Å². The average molecular weight is 1000 g/mol. The van der Waals surface area contributed by atoms with Crippen molar-refractivity contribution in [2.24, 2.45) is 0 Å². The van der Waals surface area contributed by atoms with Crippen LogP contribution in [-0.2, 0) is 24.8 Å². The molecule has 0 spiro atoms. The topological polar surface area (TPSA) is 64.6 Å². The number of hydrogen-bond acceptors (Lipinski definition) is 7. The standard InChI is InChI=1S/2C18H15O3P.C13H19O.Ir/c2*1-4-10-16(11-5-1)19-22(20-17-12-6-2-7-13-17)21-18-14-8-3-9-15-18;1-6-7-14-8-13-11(4)9(2)10(3)12(13)5;/h2*1-15H;6H,1,7-8H2,2-5H3;. The van der Waals surface area contributed by atoms with Crippen LogP contribution in [0.2, 0.25) is 0 Å². The second kappa shape index (κ2) is 26.4. The maximum absolute atomic E-state index is 5.84. The molecule has 0 N–H and O–H groups in total. The van der Waals surface area contributed by atoms with E-state index in [9.17, 15) is 0 Å². The van der Waals surface area contributed by atoms with Crippen LogP contribution in [0.15, 0.2) is 195 Å². The molecule has 0 bridgehead atoms. The molecule has 6 radical (unpaired) electrons. The summed E-state index contributed by atoms with van der Waals surface area (Å²) in [5.74, 6) is 11.2. The second-order valence-electron chi connectivity index (χ2n) is 12.7. The molecule has 1 fully saturated rings. The van der Waals surface area contributed by atoms with E-state index in [0.717, 1.165) is 0 Å². The van der Waals surface area contributed by atoms with Crippen molar-refractivity contribution >= 4 is 17.2 Å². The molecule has 1 aliphatic rings. The molecule has 0 unspecified atom stereocenters. The van der Waals surface area contributed by atoms with Crippen LogP contribution < -0.4 is 27.1 Å². The summed E-state index contributed by atoms with van der Waals surface area (Å²) in [6.07, 6.45) is 1.79. The minimum absolute atomic E-state index is 0. The molecular formula is C49H49IrO7P2. The summed E-state index contributed by atoms with van der Waals surface area (Å²) >= 11 is 0. The Bertz CT molecular complexity index is 1630. The summed E-state index contributed by atoms with van der Waals surface area (Å²) in [5.41, 5.74) is 0. The Hall–Kier alpha value is -4.67. The summed E-state index contributed by atoms with van der Waals surface area (Å²) in [5, 5.41) is 0. The van der Waals surface area contributed by atoms with Gasteiger partial charge >= 0.3 is 17.2 Å². The molecule has 0 saturated heterocycles. The molecular weight excluding hydrogens is 955 g/mol. The van der Waals surface area contributed by atoms with Crippen molar-refractivity contribution in [1.29, 1.82) is 0 Å². The van der Waals surface area contributed by atoms with Crippen LogP contribution in [0.5, 0.6) is 34.5 Å². The Kier molecular flexibility index (Phi) is 21.1. The molecule has 7 nitrogen and oxygen atoms in total. The fourth-order valence-electron chi connectivity index (χ4n) is 5.27. The predicted octanol–water partition coefficient (Wildman–Crippen LogP) is 14.1. The van der Waals surface area contributed by atoms with Gasteiger partial charge in [0.1, 0.15) is 34.5 Å². The van der Waals surface area contributed by atoms with Crippen LogP contribution in [0.1, 0.15) is 27.7 Å². The summed E-state index contributed by atoms with van der Waals surface area (Å²) in [7, 11) is -3.18. The summed E-state index contributed by atoms with van der Waals surface area (Å²) < 4.78 is 40.5. The van der Waals surface area contributed by atoms with Crippen LogP contribution in [-0.4, -0.2) is 13.2 Å². The maximum Gasteiger partial charge on any atom is 0.530 e. The van der Waals surface area contributed by atoms with E-state index in [1.165, 1.54) is 29.6 Å². The largest absolute Gasteiger partial charge is 0.530 e. The number of benzene rings is 6. The minimum Gasteiger partial charge on any atom is -0.409 e. The maximum atomic E-state index is 5.84. The Balaban J connectivity index is 0.000000199. The van der Waals surface area contributed by atoms with Gasteiger partial charge in [-0.1, -0.05) is 143 Å². The van der Waals surface area contributed by atoms with Gasteiger partial charge in [-0.15, -0.1) is 6.58 Å². The van der Waals surface area contributed by atoms with Crippen molar-refractivity contribution < 1.29 is 52.0 Å². The van der Waals surface area contributed by atoms with Crippen LogP contribution in [0.3, 0.4) is 0 Å². The van der Waals surface area contributed by atoms with Crippen LogP contribution in [0.4, 0.5) is 0 Å². The number of ether oxygens (including phenoxy) is 1. The SMILES string of the molecule is C=CCOC[C]1[C](C)[C](C)[C](C)[C]1C.[Ir].c1ccc(OP(Oc2ccccc2)Oc2ccccc2)cc1.c1ccc(OP(Oc2ccccc2)Oc2ccccc2)cc1. The zero-order valence-corrected chi connectivity index (χ0v) is 37.8. The second-order valence-corrected chi connectivity index (χ2v) is 14.6. The van der Waals surface area contributed by atoms with E-state index in [4.69, 9.17) is 31.9 Å². The molecule has 0 heterocycles. The van der Waals surface area contributed by atoms with Gasteiger partial charge in [0.2, 0.25) is 0 Å². The monoisotopic (exact) mass is 1000 g/mol. The van der Waals surface area contributed by atoms with Gasteiger partial charge < -0.3 is 31.9 Å². The Morgan fingerprint density at radius 1 is 0.373 bits per heavy atom. The number of hydrogen-bond donors (Lipinski definition) is 0. The first kappa shape index (κ1) is 47.0. The first-order valence-corrected chi connectivity index (χ1v) is 21.0. The fourth-order valence-corrected chi connectivity index (χ4v) is 7.26. The summed E-state index contributed by atoms with van der Waals surface area (Å²) in [6.45, 7) is 13.7. The summed E-state index contributed by atoms with van der Waals surface area (Å²) in [6, 6.07) is 57.0. The molecule has 10 heteroatoms. The first-order valence-electron chi connectivity index (χ1n) is 18.8. The van der Waals surface area contributed by atoms with Gasteiger partial charge in [-0.2, -0.15) is 0 Å². The Morgan fingerprint density at radius 2 is 0.593 bits per heavy atom. The predicted molar refractivity (Wildman–Crippen MR) is 236 cm³/mol. The van der Waals surface area contributed by atoms with Gasteiger partial charge in [0.15, 0.2) is 0 Å². The summed E-state index contributed by atoms with van der Waals surface area (Å²) in [4.78, 5) is 0. The molecule has 0 atom stereocenters. The van der Waals surface area contributed by atoms with Crippen molar-refractivity contribution in [2.75, 3.05) is 13.2 Å². The third-order valence-electron chi connectivity index (χ3n) is 8.61. The van der Waals surface area contributed by atoms with Gasteiger partial charge in [-0.05, 0) is 96.5 Å². The van der Waals surface area contributed by atoms with Crippen molar-refractivity contribution in [2.45, 2.75) is 27.7 Å². The zero-order chi connectivity index (χ0) is 40.8. The first-order chi connectivity index (χ1) is 28.4. The van der Waals surface area contributed by atoms with Gasteiger partial charge in [0, 0.05) is 26.0 Å². The molecule has 0 amide bonds. The third kappa shape index (κ3) is 16.5. The van der Waals surface area contributed by atoms with Crippen molar-refractivity contribution in [3.8, 4) is 34.5 Å². The van der Waals surface area contributed by atoms with E-state index < -0.39 is 17.2 Å². The molecule has 6 aromatic rings. The van der Waals surface area contributed by atoms with E-state index in [1.54, 1.807) is 6.08 Å². The van der Waals surface area contributed by atoms with Crippen molar-refractivity contribution in [1.82, 2.24) is 0 Å². The molecule has 0 aliphatic heterocycles. The van der Waals surface area contributed by atoms with E-state index >= 15 is 0 Å². The van der Waals surface area contributed by atoms with Crippen LogP contribution in [0.25, 0.3) is 0 Å². The van der Waals surface area contributed by atoms with E-state index in [-0.39, 0.29) is 20.1 Å². The van der Waals surface area contributed by atoms with E-state index in [2.05, 4.69) is 34.3 Å². The van der Waals surface area contributed by atoms with Gasteiger partial charge in [0.05, 0.1) is 13.2 Å². The van der Waals surface area contributed by atoms with Gasteiger partial charge in [-0.25, -0.2) is 0 Å². The molecule has 1 saturated carbocycles. The molecule has 1 aliphatic carbocycles. The number of para-hydroxylation sites is 6. The molecule has 0 aromatic heterocycles. The van der Waals surface area contributed by atoms with Gasteiger partial charge in [-0.3, -0.25) is 0 Å². The van der Waals surface area contributed by atoms with E-state index in [1.807, 2.05) is 182 Å². The number of rotatable bonds is 16. The molecule has 7 rings (SSSR count). The Labute approximate surface area is 367 Å². The van der Waals surface area contributed by atoms with Crippen LogP contribution in [0, 0.1) is 29.6 Å². The Morgan fingerprint density at radius 3 is 0.797 bits per heavy atom. The minimum atomic E-state index is -1.59. The zero-order valence-electron chi connectivity index (χ0n) is 33.6. The van der Waals surface area contributed by atoms with Crippen molar-refractivity contribution in [3.63, 3.8) is 0 Å². The average Bonchev–Trinajstić information content (AvgIpc) is 3.44. The smallest absolute Gasteiger partial charge is 0.409 e. The van der Waals surface area contributed by atoms with Gasteiger partial charge in [0.25, 0.3) is 0 Å². The molecule has 6 aromatic carbocycles. The molecule has 306 valence electrons.